The van der Waals surface area contributed by atoms with E-state index in [-0.39, 0.29) is 0 Å². The van der Waals surface area contributed by atoms with E-state index < -0.39 is 0 Å². The van der Waals surface area contributed by atoms with Gasteiger partial charge in [0.2, 0.25) is 0 Å². The Bertz CT molecular complexity index is 308. The van der Waals surface area contributed by atoms with E-state index in [0.29, 0.717) is 12.7 Å². The average Bonchev–Trinajstić information content (AvgIpc) is 2.39. The maximum atomic E-state index is 5.77. The van der Waals surface area contributed by atoms with Crippen molar-refractivity contribution in [3.8, 4) is 0 Å². The standard InChI is InChI=1S/C15H23NO/c1-3-15(13-16-4-2)17-12-8-11-14-9-6-5-7-10-14/h5-11,15-16H,3-4,12-13H2,1-2H3. The number of rotatable bonds is 8. The van der Waals surface area contributed by atoms with Crippen molar-refractivity contribution in [2.75, 3.05) is 19.7 Å². The minimum Gasteiger partial charge on any atom is -0.373 e. The zero-order chi connectivity index (χ0) is 12.3. The molecular formula is C15H23NO. The van der Waals surface area contributed by atoms with Gasteiger partial charge in [-0.1, -0.05) is 56.3 Å². The second-order valence-corrected chi connectivity index (χ2v) is 3.98. The van der Waals surface area contributed by atoms with E-state index in [0.717, 1.165) is 19.5 Å². The third kappa shape index (κ3) is 6.25. The van der Waals surface area contributed by atoms with Crippen LogP contribution in [-0.2, 0) is 4.74 Å². The van der Waals surface area contributed by atoms with E-state index in [2.05, 4.69) is 43.4 Å². The SMILES string of the molecule is CCNCC(CC)OCC=Cc1ccccc1. The molecule has 1 aromatic rings. The molecule has 0 spiro atoms. The first-order valence-corrected chi connectivity index (χ1v) is 6.40. The first-order valence-electron chi connectivity index (χ1n) is 6.40. The van der Waals surface area contributed by atoms with Crippen LogP contribution in [0.5, 0.6) is 0 Å². The molecule has 94 valence electrons. The molecule has 0 saturated heterocycles. The zero-order valence-corrected chi connectivity index (χ0v) is 10.9. The summed E-state index contributed by atoms with van der Waals surface area (Å²) < 4.78 is 5.77. The fourth-order valence-electron chi connectivity index (χ4n) is 1.57. The molecular weight excluding hydrogens is 210 g/mol. The minimum absolute atomic E-state index is 0.315. The molecule has 0 radical (unpaired) electrons. The van der Waals surface area contributed by atoms with E-state index in [1.807, 2.05) is 18.2 Å². The molecule has 0 amide bonds. The lowest BCUT2D eigenvalue weighted by atomic mass is 10.2. The first-order chi connectivity index (χ1) is 8.36. The van der Waals surface area contributed by atoms with Gasteiger partial charge in [0, 0.05) is 6.54 Å². The van der Waals surface area contributed by atoms with Crippen molar-refractivity contribution in [1.29, 1.82) is 0 Å². The third-order valence-corrected chi connectivity index (χ3v) is 2.62. The Morgan fingerprint density at radius 2 is 2.00 bits per heavy atom. The molecule has 0 aliphatic carbocycles. The van der Waals surface area contributed by atoms with Gasteiger partial charge in [-0.05, 0) is 18.5 Å². The number of hydrogen-bond acceptors (Lipinski definition) is 2. The summed E-state index contributed by atoms with van der Waals surface area (Å²) in [5.41, 5.74) is 1.22. The molecule has 17 heavy (non-hydrogen) atoms. The number of benzene rings is 1. The zero-order valence-electron chi connectivity index (χ0n) is 10.9. The molecule has 0 saturated carbocycles. The van der Waals surface area contributed by atoms with Crippen molar-refractivity contribution in [1.82, 2.24) is 5.32 Å². The Balaban J connectivity index is 2.24. The molecule has 1 N–H and O–H groups in total. The van der Waals surface area contributed by atoms with Crippen LogP contribution in [0.25, 0.3) is 6.08 Å². The highest BCUT2D eigenvalue weighted by molar-refractivity contribution is 5.48. The highest BCUT2D eigenvalue weighted by Crippen LogP contribution is 2.02. The fourth-order valence-corrected chi connectivity index (χ4v) is 1.57. The Morgan fingerprint density at radius 3 is 2.65 bits per heavy atom. The van der Waals surface area contributed by atoms with Crippen LogP contribution >= 0.6 is 0 Å². The van der Waals surface area contributed by atoms with Crippen LogP contribution in [0.4, 0.5) is 0 Å². The van der Waals surface area contributed by atoms with Crippen molar-refractivity contribution >= 4 is 6.08 Å². The molecule has 0 heterocycles. The maximum Gasteiger partial charge on any atom is 0.0701 e. The Morgan fingerprint density at radius 1 is 1.24 bits per heavy atom. The molecule has 2 heteroatoms. The van der Waals surface area contributed by atoms with Crippen molar-refractivity contribution in [2.45, 2.75) is 26.4 Å². The van der Waals surface area contributed by atoms with E-state index in [1.165, 1.54) is 5.56 Å². The third-order valence-electron chi connectivity index (χ3n) is 2.62. The predicted molar refractivity (Wildman–Crippen MR) is 74.1 cm³/mol. The summed E-state index contributed by atoms with van der Waals surface area (Å²) in [6.45, 7) is 6.88. The van der Waals surface area contributed by atoms with Gasteiger partial charge in [0.05, 0.1) is 12.7 Å². The van der Waals surface area contributed by atoms with Gasteiger partial charge in [0.25, 0.3) is 0 Å². The summed E-state index contributed by atoms with van der Waals surface area (Å²) in [5, 5.41) is 3.31. The topological polar surface area (TPSA) is 21.3 Å². The second-order valence-electron chi connectivity index (χ2n) is 3.98. The van der Waals surface area contributed by atoms with Crippen LogP contribution in [0.3, 0.4) is 0 Å². The minimum atomic E-state index is 0.315. The molecule has 1 unspecified atom stereocenters. The molecule has 1 rings (SSSR count). The van der Waals surface area contributed by atoms with Gasteiger partial charge in [-0.15, -0.1) is 0 Å². The highest BCUT2D eigenvalue weighted by Gasteiger charge is 2.03. The lowest BCUT2D eigenvalue weighted by Crippen LogP contribution is -2.28. The fraction of sp³-hybridized carbons (Fsp3) is 0.467. The van der Waals surface area contributed by atoms with Gasteiger partial charge in [-0.2, -0.15) is 0 Å². The Kier molecular flexibility index (Phi) is 7.35. The van der Waals surface area contributed by atoms with Gasteiger partial charge in [-0.25, -0.2) is 0 Å². The summed E-state index contributed by atoms with van der Waals surface area (Å²) in [6, 6.07) is 10.3. The van der Waals surface area contributed by atoms with E-state index >= 15 is 0 Å². The van der Waals surface area contributed by atoms with Crippen molar-refractivity contribution in [3.05, 3.63) is 42.0 Å². The van der Waals surface area contributed by atoms with Gasteiger partial charge in [0.15, 0.2) is 0 Å². The predicted octanol–water partition coefficient (Wildman–Crippen LogP) is 3.10. The largest absolute Gasteiger partial charge is 0.373 e. The Labute approximate surface area is 105 Å². The van der Waals surface area contributed by atoms with Crippen molar-refractivity contribution in [3.63, 3.8) is 0 Å². The van der Waals surface area contributed by atoms with Gasteiger partial charge in [-0.3, -0.25) is 0 Å². The molecule has 1 aromatic carbocycles. The number of ether oxygens (including phenoxy) is 1. The van der Waals surface area contributed by atoms with E-state index in [4.69, 9.17) is 4.74 Å². The number of nitrogens with one attached hydrogen (secondary N) is 1. The molecule has 0 fully saturated rings. The summed E-state index contributed by atoms with van der Waals surface area (Å²) in [6.07, 6.45) is 5.53. The van der Waals surface area contributed by atoms with Crippen molar-refractivity contribution in [2.24, 2.45) is 0 Å². The lowest BCUT2D eigenvalue weighted by molar-refractivity contribution is 0.0719. The van der Waals surface area contributed by atoms with Crippen LogP contribution in [0.1, 0.15) is 25.8 Å². The Hall–Kier alpha value is -1.12. The van der Waals surface area contributed by atoms with Crippen LogP contribution in [0, 0.1) is 0 Å². The molecule has 2 nitrogen and oxygen atoms in total. The quantitative estimate of drug-likeness (QED) is 0.745. The monoisotopic (exact) mass is 233 g/mol. The first kappa shape index (κ1) is 13.9. The normalized spacial score (nSPS) is 13.1. The van der Waals surface area contributed by atoms with E-state index in [1.54, 1.807) is 0 Å². The molecule has 0 aliphatic rings. The maximum absolute atomic E-state index is 5.77. The highest BCUT2D eigenvalue weighted by atomic mass is 16.5. The van der Waals surface area contributed by atoms with E-state index in [9.17, 15) is 0 Å². The summed E-state index contributed by atoms with van der Waals surface area (Å²) in [4.78, 5) is 0. The molecule has 1 atom stereocenters. The average molecular weight is 233 g/mol. The van der Waals surface area contributed by atoms with Gasteiger partial charge >= 0.3 is 0 Å². The van der Waals surface area contributed by atoms with Gasteiger partial charge < -0.3 is 10.1 Å². The summed E-state index contributed by atoms with van der Waals surface area (Å²) in [5.74, 6) is 0. The molecule has 0 aromatic heterocycles. The van der Waals surface area contributed by atoms with Gasteiger partial charge in [0.1, 0.15) is 0 Å². The number of hydrogen-bond donors (Lipinski definition) is 1. The van der Waals surface area contributed by atoms with Crippen molar-refractivity contribution < 1.29 is 4.74 Å². The lowest BCUT2D eigenvalue weighted by Gasteiger charge is -2.14. The van der Waals surface area contributed by atoms with Crippen LogP contribution < -0.4 is 5.32 Å². The molecule has 0 bridgehead atoms. The van der Waals surface area contributed by atoms with Crippen LogP contribution in [-0.4, -0.2) is 25.8 Å². The number of likely N-dealkylation sites (N-methyl/N-ethyl adjacent to an activating group) is 1. The molecule has 0 aliphatic heterocycles. The summed E-state index contributed by atoms with van der Waals surface area (Å²) in [7, 11) is 0. The smallest absolute Gasteiger partial charge is 0.0701 e. The van der Waals surface area contributed by atoms with Crippen LogP contribution in [0.15, 0.2) is 36.4 Å². The van der Waals surface area contributed by atoms with Crippen LogP contribution in [0.2, 0.25) is 0 Å². The summed E-state index contributed by atoms with van der Waals surface area (Å²) >= 11 is 0. The second kappa shape index (κ2) is 8.97.